The van der Waals surface area contributed by atoms with Crippen molar-refractivity contribution >= 4 is 11.9 Å². The molecule has 1 aliphatic rings. The monoisotopic (exact) mass is 330 g/mol. The van der Waals surface area contributed by atoms with Crippen molar-refractivity contribution in [3.05, 3.63) is 41.7 Å². The molecule has 0 aliphatic carbocycles. The van der Waals surface area contributed by atoms with Crippen LogP contribution in [0.25, 0.3) is 5.69 Å². The number of para-hydroxylation sites is 1. The van der Waals surface area contributed by atoms with Gasteiger partial charge in [-0.1, -0.05) is 23.4 Å². The molecule has 3 rings (SSSR count). The molecule has 2 aromatic rings. The normalized spacial score (nSPS) is 20.3. The first kappa shape index (κ1) is 16.1. The largest absolute Gasteiger partial charge is 0.480 e. The van der Waals surface area contributed by atoms with Gasteiger partial charge < -0.3 is 14.7 Å². The summed E-state index contributed by atoms with van der Waals surface area (Å²) in [6.45, 7) is 1.96. The van der Waals surface area contributed by atoms with Gasteiger partial charge in [0.05, 0.1) is 17.5 Å². The predicted octanol–water partition coefficient (Wildman–Crippen LogP) is 0.890. The van der Waals surface area contributed by atoms with Gasteiger partial charge in [-0.3, -0.25) is 4.79 Å². The Labute approximate surface area is 138 Å². The summed E-state index contributed by atoms with van der Waals surface area (Å²) in [7, 11) is 1.51. The zero-order valence-corrected chi connectivity index (χ0v) is 13.4. The van der Waals surface area contributed by atoms with Gasteiger partial charge >= 0.3 is 5.97 Å². The van der Waals surface area contributed by atoms with Crippen molar-refractivity contribution in [1.29, 1.82) is 0 Å². The SMILES string of the molecule is COC1CC(C(=O)O)N(C(=O)c2nnn(-c3ccccc3)c2C)C1. The Balaban J connectivity index is 1.91. The molecule has 0 radical (unpaired) electrons. The van der Waals surface area contributed by atoms with Crippen molar-refractivity contribution in [2.45, 2.75) is 25.5 Å². The van der Waals surface area contributed by atoms with Gasteiger partial charge in [-0.2, -0.15) is 0 Å². The van der Waals surface area contributed by atoms with Crippen molar-refractivity contribution < 1.29 is 19.4 Å². The lowest BCUT2D eigenvalue weighted by Crippen LogP contribution is -2.41. The van der Waals surface area contributed by atoms with E-state index in [1.165, 1.54) is 12.0 Å². The highest BCUT2D eigenvalue weighted by Crippen LogP contribution is 2.23. The number of carboxylic acid groups (broad SMARTS) is 1. The fourth-order valence-corrected chi connectivity index (χ4v) is 2.90. The molecule has 0 saturated carbocycles. The summed E-state index contributed by atoms with van der Waals surface area (Å²) >= 11 is 0. The van der Waals surface area contributed by atoms with Crippen LogP contribution in [0.5, 0.6) is 0 Å². The molecule has 24 heavy (non-hydrogen) atoms. The molecular weight excluding hydrogens is 312 g/mol. The van der Waals surface area contributed by atoms with E-state index in [2.05, 4.69) is 10.3 Å². The van der Waals surface area contributed by atoms with Crippen LogP contribution in [0.4, 0.5) is 0 Å². The highest BCUT2D eigenvalue weighted by Gasteiger charge is 2.41. The van der Waals surface area contributed by atoms with Gasteiger partial charge in [0.1, 0.15) is 6.04 Å². The summed E-state index contributed by atoms with van der Waals surface area (Å²) in [5.41, 5.74) is 1.51. The minimum atomic E-state index is -1.05. The number of likely N-dealkylation sites (tertiary alicyclic amines) is 1. The maximum absolute atomic E-state index is 12.8. The molecule has 126 valence electrons. The van der Waals surface area contributed by atoms with Crippen LogP contribution in [0.2, 0.25) is 0 Å². The number of amides is 1. The molecule has 2 heterocycles. The summed E-state index contributed by atoms with van der Waals surface area (Å²) in [6.07, 6.45) is -0.0248. The summed E-state index contributed by atoms with van der Waals surface area (Å²) in [4.78, 5) is 25.5. The smallest absolute Gasteiger partial charge is 0.326 e. The summed E-state index contributed by atoms with van der Waals surface area (Å²) in [5, 5.41) is 17.4. The molecule has 1 aromatic heterocycles. The summed E-state index contributed by atoms with van der Waals surface area (Å²) < 4.78 is 6.78. The van der Waals surface area contributed by atoms with Crippen molar-refractivity contribution in [3.8, 4) is 5.69 Å². The number of rotatable bonds is 4. The van der Waals surface area contributed by atoms with Crippen molar-refractivity contribution in [1.82, 2.24) is 19.9 Å². The number of carbonyl (C=O) groups is 2. The Morgan fingerprint density at radius 2 is 2.00 bits per heavy atom. The molecule has 1 N–H and O–H groups in total. The van der Waals surface area contributed by atoms with E-state index >= 15 is 0 Å². The number of carbonyl (C=O) groups excluding carboxylic acids is 1. The molecule has 1 amide bonds. The lowest BCUT2D eigenvalue weighted by atomic mass is 10.2. The van der Waals surface area contributed by atoms with Crippen LogP contribution in [-0.2, 0) is 9.53 Å². The third-order valence-corrected chi connectivity index (χ3v) is 4.24. The van der Waals surface area contributed by atoms with Gasteiger partial charge in [0.25, 0.3) is 5.91 Å². The van der Waals surface area contributed by atoms with Crippen LogP contribution in [0.3, 0.4) is 0 Å². The number of hydrogen-bond acceptors (Lipinski definition) is 5. The molecule has 8 nitrogen and oxygen atoms in total. The molecule has 0 spiro atoms. The molecular formula is C16H18N4O4. The first-order valence-corrected chi connectivity index (χ1v) is 7.57. The van der Waals surface area contributed by atoms with Crippen LogP contribution in [0, 0.1) is 6.92 Å². The van der Waals surface area contributed by atoms with E-state index in [1.54, 1.807) is 11.6 Å². The standard InChI is InChI=1S/C16H18N4O4/c1-10-14(17-18-20(10)11-6-4-3-5-7-11)15(21)19-9-12(24-2)8-13(19)16(22)23/h3-7,12-13H,8-9H2,1-2H3,(H,22,23). The summed E-state index contributed by atoms with van der Waals surface area (Å²) in [5.74, 6) is -1.49. The Morgan fingerprint density at radius 1 is 1.29 bits per heavy atom. The first-order chi connectivity index (χ1) is 11.5. The van der Waals surface area contributed by atoms with Gasteiger partial charge in [0.15, 0.2) is 5.69 Å². The van der Waals surface area contributed by atoms with Gasteiger partial charge in [-0.05, 0) is 19.1 Å². The minimum Gasteiger partial charge on any atom is -0.480 e. The predicted molar refractivity (Wildman–Crippen MR) is 84.0 cm³/mol. The number of hydrogen-bond donors (Lipinski definition) is 1. The minimum absolute atomic E-state index is 0.154. The molecule has 1 aromatic carbocycles. The lowest BCUT2D eigenvalue weighted by Gasteiger charge is -2.20. The third-order valence-electron chi connectivity index (χ3n) is 4.24. The zero-order valence-electron chi connectivity index (χ0n) is 13.4. The van der Waals surface area contributed by atoms with E-state index in [-0.39, 0.29) is 24.8 Å². The van der Waals surface area contributed by atoms with E-state index in [0.717, 1.165) is 5.69 Å². The Kier molecular flexibility index (Phi) is 4.30. The molecule has 0 bridgehead atoms. The lowest BCUT2D eigenvalue weighted by molar-refractivity contribution is -0.141. The van der Waals surface area contributed by atoms with Crippen molar-refractivity contribution in [2.24, 2.45) is 0 Å². The number of ether oxygens (including phenoxy) is 1. The van der Waals surface area contributed by atoms with E-state index in [0.29, 0.717) is 5.69 Å². The third kappa shape index (κ3) is 2.76. The molecule has 1 fully saturated rings. The second kappa shape index (κ2) is 6.40. The maximum Gasteiger partial charge on any atom is 0.326 e. The van der Waals surface area contributed by atoms with E-state index in [9.17, 15) is 14.7 Å². The Bertz CT molecular complexity index is 759. The quantitative estimate of drug-likeness (QED) is 0.894. The highest BCUT2D eigenvalue weighted by atomic mass is 16.5. The Hall–Kier alpha value is -2.74. The van der Waals surface area contributed by atoms with Crippen LogP contribution in [0.1, 0.15) is 22.6 Å². The highest BCUT2D eigenvalue weighted by molar-refractivity contribution is 5.96. The van der Waals surface area contributed by atoms with E-state index in [4.69, 9.17) is 4.74 Å². The second-order valence-corrected chi connectivity index (χ2v) is 5.68. The molecule has 2 atom stereocenters. The average molecular weight is 330 g/mol. The van der Waals surface area contributed by atoms with Crippen molar-refractivity contribution in [3.63, 3.8) is 0 Å². The van der Waals surface area contributed by atoms with Gasteiger partial charge in [-0.15, -0.1) is 5.10 Å². The molecule has 8 heteroatoms. The summed E-state index contributed by atoms with van der Waals surface area (Å²) in [6, 6.07) is 8.40. The maximum atomic E-state index is 12.8. The van der Waals surface area contributed by atoms with Crippen LogP contribution >= 0.6 is 0 Å². The zero-order chi connectivity index (χ0) is 17.3. The fourth-order valence-electron chi connectivity index (χ4n) is 2.90. The van der Waals surface area contributed by atoms with Gasteiger partial charge in [0, 0.05) is 20.1 Å². The molecule has 1 aliphatic heterocycles. The van der Waals surface area contributed by atoms with Crippen LogP contribution in [0.15, 0.2) is 30.3 Å². The van der Waals surface area contributed by atoms with Crippen LogP contribution < -0.4 is 0 Å². The van der Waals surface area contributed by atoms with E-state index < -0.39 is 17.9 Å². The number of methoxy groups -OCH3 is 1. The van der Waals surface area contributed by atoms with Gasteiger partial charge in [-0.25, -0.2) is 9.48 Å². The second-order valence-electron chi connectivity index (χ2n) is 5.68. The van der Waals surface area contributed by atoms with Crippen LogP contribution in [-0.4, -0.2) is 62.7 Å². The van der Waals surface area contributed by atoms with Gasteiger partial charge in [0.2, 0.25) is 0 Å². The fraction of sp³-hybridized carbons (Fsp3) is 0.375. The van der Waals surface area contributed by atoms with Crippen molar-refractivity contribution in [2.75, 3.05) is 13.7 Å². The first-order valence-electron chi connectivity index (χ1n) is 7.57. The number of carboxylic acids is 1. The molecule has 1 saturated heterocycles. The average Bonchev–Trinajstić information content (AvgIpc) is 3.19. The number of aromatic nitrogens is 3. The topological polar surface area (TPSA) is 97.6 Å². The number of benzene rings is 1. The number of aliphatic carboxylic acids is 1. The number of nitrogens with zero attached hydrogens (tertiary/aromatic N) is 4. The Morgan fingerprint density at radius 3 is 2.62 bits per heavy atom. The van der Waals surface area contributed by atoms with E-state index in [1.807, 2.05) is 30.3 Å². The molecule has 2 unspecified atom stereocenters.